The molecule has 4 rings (SSSR count). The zero-order valence-corrected chi connectivity index (χ0v) is 26.3. The van der Waals surface area contributed by atoms with E-state index in [1.54, 1.807) is 4.57 Å². The highest BCUT2D eigenvalue weighted by molar-refractivity contribution is 7.51. The minimum absolute atomic E-state index is 0.0514. The molecule has 1 aliphatic rings. The van der Waals surface area contributed by atoms with Gasteiger partial charge in [0.1, 0.15) is 36.2 Å². The second kappa shape index (κ2) is 16.4. The third kappa shape index (κ3) is 8.81. The van der Waals surface area contributed by atoms with Crippen LogP contribution in [0.25, 0.3) is 11.2 Å². The molecule has 4 N–H and O–H groups in total. The number of unbranched alkanes of at least 4 members (excludes halogenated alkanes) is 5. The molecular weight excluding hydrogens is 591 g/mol. The van der Waals surface area contributed by atoms with Crippen LogP contribution in [0.1, 0.15) is 64.2 Å². The summed E-state index contributed by atoms with van der Waals surface area (Å²) in [5, 5.41) is 13.7. The molecule has 6 atom stereocenters. The molecule has 1 saturated heterocycles. The lowest BCUT2D eigenvalue weighted by Crippen LogP contribution is -2.37. The minimum Gasteiger partial charge on any atom is -0.465 e. The number of carbonyl (C=O) groups is 1. The number of esters is 1. The van der Waals surface area contributed by atoms with Crippen molar-refractivity contribution >= 4 is 30.7 Å². The number of carbonyl (C=O) groups excluding carboxylic acids is 1. The first-order valence-corrected chi connectivity index (χ1v) is 16.5. The maximum absolute atomic E-state index is 13.9. The molecular formula is C29H43N6O8P. The van der Waals surface area contributed by atoms with Gasteiger partial charge in [-0.25, -0.2) is 24.6 Å². The number of methoxy groups -OCH3 is 1. The highest BCUT2D eigenvalue weighted by atomic mass is 31.2. The van der Waals surface area contributed by atoms with E-state index in [4.69, 9.17) is 29.0 Å². The van der Waals surface area contributed by atoms with Crippen LogP contribution in [-0.4, -0.2) is 75.3 Å². The summed E-state index contributed by atoms with van der Waals surface area (Å²) in [5.74, 6) is -0.376. The van der Waals surface area contributed by atoms with Crippen molar-refractivity contribution in [2.45, 2.75) is 89.6 Å². The topological polar surface area (TPSA) is 182 Å². The van der Waals surface area contributed by atoms with Crippen molar-refractivity contribution in [2.24, 2.45) is 0 Å². The molecule has 14 nitrogen and oxygen atoms in total. The van der Waals surface area contributed by atoms with Crippen molar-refractivity contribution in [1.82, 2.24) is 24.6 Å². The van der Waals surface area contributed by atoms with Crippen LogP contribution >= 0.6 is 7.75 Å². The second-order valence-electron chi connectivity index (χ2n) is 10.7. The first kappa shape index (κ1) is 33.9. The molecule has 15 heteroatoms. The van der Waals surface area contributed by atoms with Crippen LogP contribution in [0.5, 0.6) is 0 Å². The second-order valence-corrected chi connectivity index (χ2v) is 12.4. The van der Waals surface area contributed by atoms with Gasteiger partial charge in [0.25, 0.3) is 0 Å². The van der Waals surface area contributed by atoms with Crippen LogP contribution in [-0.2, 0) is 39.2 Å². The molecule has 44 heavy (non-hydrogen) atoms. The lowest BCUT2D eigenvalue weighted by molar-refractivity contribution is -0.145. The molecule has 3 unspecified atom stereocenters. The smallest absolute Gasteiger partial charge is 0.406 e. The van der Waals surface area contributed by atoms with Gasteiger partial charge in [-0.3, -0.25) is 18.4 Å². The number of nitrogens with zero attached hydrogens (tertiary/aromatic N) is 4. The molecule has 0 aliphatic carbocycles. The van der Waals surface area contributed by atoms with Gasteiger partial charge in [-0.2, -0.15) is 0 Å². The van der Waals surface area contributed by atoms with Gasteiger partial charge in [-0.05, 0) is 18.9 Å². The van der Waals surface area contributed by atoms with Crippen molar-refractivity contribution < 1.29 is 37.7 Å². The summed E-state index contributed by atoms with van der Waals surface area (Å²) in [6, 6.07) is 8.13. The molecule has 0 bridgehead atoms. The van der Waals surface area contributed by atoms with Crippen LogP contribution in [0.2, 0.25) is 0 Å². The Hall–Kier alpha value is -2.97. The predicted molar refractivity (Wildman–Crippen MR) is 162 cm³/mol. The number of aliphatic hydroxyl groups excluding tert-OH is 1. The summed E-state index contributed by atoms with van der Waals surface area (Å²) in [6.45, 7) is 3.56. The number of aromatic nitrogens is 4. The number of aliphatic hydroxyl groups is 1. The first-order valence-electron chi connectivity index (χ1n) is 14.9. The monoisotopic (exact) mass is 634 g/mol. The lowest BCUT2D eigenvalue weighted by atomic mass is 10.1. The number of nitrogens with one attached hydrogen (secondary N) is 1. The molecule has 1 aromatic carbocycles. The third-order valence-electron chi connectivity index (χ3n) is 7.35. The normalized spacial score (nSPS) is 22.2. The fraction of sp³-hybridized carbons (Fsp3) is 0.586. The third-order valence-corrected chi connectivity index (χ3v) is 9.01. The van der Waals surface area contributed by atoms with Crippen LogP contribution in [0, 0.1) is 0 Å². The highest BCUT2D eigenvalue weighted by Gasteiger charge is 2.47. The maximum Gasteiger partial charge on any atom is 0.406 e. The Labute approximate surface area is 257 Å². The summed E-state index contributed by atoms with van der Waals surface area (Å²) in [5.41, 5.74) is 7.44. The zero-order valence-electron chi connectivity index (χ0n) is 25.4. The van der Waals surface area contributed by atoms with E-state index < -0.39 is 44.3 Å². The van der Waals surface area contributed by atoms with Crippen molar-refractivity contribution in [3.8, 4) is 0 Å². The standard InChI is InChI=1S/C29H43N6O8P/c1-4-5-6-7-8-12-15-40-29(37)20(2)34-44(38,41-16-21-13-10-9-11-14-21)42-17-22-24(36)25(39-3)28(43-22)35-19-33-23-26(30)31-18-32-27(23)35/h9-11,13-14,18-20,22,24-25,28,36H,4-8,12,15-17H2,1-3H3,(H,34,38)(H2,30,31,32)/t20-,22+,24?,25?,28+,44?/m0/s1. The number of ether oxygens (including phenoxy) is 3. The summed E-state index contributed by atoms with van der Waals surface area (Å²) in [7, 11) is -2.69. The van der Waals surface area contributed by atoms with Gasteiger partial charge in [0.2, 0.25) is 0 Å². The number of hydrogen-bond donors (Lipinski definition) is 3. The van der Waals surface area contributed by atoms with Gasteiger partial charge in [-0.1, -0.05) is 69.4 Å². The molecule has 0 spiro atoms. The maximum atomic E-state index is 13.9. The van der Waals surface area contributed by atoms with Crippen molar-refractivity contribution in [1.29, 1.82) is 0 Å². The van der Waals surface area contributed by atoms with E-state index in [1.807, 2.05) is 30.3 Å². The number of anilines is 1. The van der Waals surface area contributed by atoms with E-state index in [9.17, 15) is 14.5 Å². The van der Waals surface area contributed by atoms with E-state index >= 15 is 0 Å². The van der Waals surface area contributed by atoms with Crippen LogP contribution < -0.4 is 10.8 Å². The van der Waals surface area contributed by atoms with Crippen LogP contribution in [0.3, 0.4) is 0 Å². The Morgan fingerprint density at radius 3 is 2.64 bits per heavy atom. The molecule has 1 fully saturated rings. The quantitative estimate of drug-likeness (QED) is 0.104. The van der Waals surface area contributed by atoms with Crippen LogP contribution in [0.4, 0.5) is 5.82 Å². The van der Waals surface area contributed by atoms with Crippen molar-refractivity contribution in [3.63, 3.8) is 0 Å². The Kier molecular flexibility index (Phi) is 12.6. The van der Waals surface area contributed by atoms with Gasteiger partial charge in [0, 0.05) is 7.11 Å². The zero-order chi connectivity index (χ0) is 31.5. The average molecular weight is 635 g/mol. The Balaban J connectivity index is 1.40. The molecule has 242 valence electrons. The number of rotatable bonds is 18. The summed E-state index contributed by atoms with van der Waals surface area (Å²) in [4.78, 5) is 25.1. The Morgan fingerprint density at radius 1 is 1.14 bits per heavy atom. The number of nitrogens with two attached hydrogens (primary N) is 1. The summed E-state index contributed by atoms with van der Waals surface area (Å²) in [6.07, 6.45) is 5.26. The molecule has 0 radical (unpaired) electrons. The number of nitrogen functional groups attached to an aromatic ring is 1. The molecule has 3 heterocycles. The van der Waals surface area contributed by atoms with Gasteiger partial charge in [-0.15, -0.1) is 0 Å². The van der Waals surface area contributed by atoms with Gasteiger partial charge in [0.05, 0.1) is 26.1 Å². The molecule has 3 aromatic rings. The number of benzene rings is 1. The van der Waals surface area contributed by atoms with E-state index in [-0.39, 0.29) is 25.6 Å². The van der Waals surface area contributed by atoms with Crippen molar-refractivity contribution in [3.05, 3.63) is 48.5 Å². The van der Waals surface area contributed by atoms with E-state index in [0.717, 1.165) is 31.2 Å². The lowest BCUT2D eigenvalue weighted by Gasteiger charge is -2.24. The van der Waals surface area contributed by atoms with Gasteiger partial charge >= 0.3 is 13.7 Å². The predicted octanol–water partition coefficient (Wildman–Crippen LogP) is 3.91. The minimum atomic E-state index is -4.12. The fourth-order valence-electron chi connectivity index (χ4n) is 4.88. The summed E-state index contributed by atoms with van der Waals surface area (Å²) >= 11 is 0. The van der Waals surface area contributed by atoms with E-state index in [1.165, 1.54) is 39.5 Å². The Bertz CT molecular complexity index is 1380. The molecule has 1 aliphatic heterocycles. The first-order chi connectivity index (χ1) is 21.3. The molecule has 2 aromatic heterocycles. The molecule has 0 saturated carbocycles. The fourth-order valence-corrected chi connectivity index (χ4v) is 6.34. The van der Waals surface area contributed by atoms with Gasteiger partial charge in [0.15, 0.2) is 17.7 Å². The number of imidazole rings is 1. The Morgan fingerprint density at radius 2 is 1.89 bits per heavy atom. The SMILES string of the molecule is CCCCCCCCOC(=O)[C@H](C)NP(=O)(OCc1ccccc1)OC[C@H]1O[C@@H](n2cnc3c(N)ncnc32)C(OC)C1O. The number of fused-ring (bicyclic) bond motifs is 1. The van der Waals surface area contributed by atoms with E-state index in [2.05, 4.69) is 27.0 Å². The van der Waals surface area contributed by atoms with Crippen molar-refractivity contribution in [2.75, 3.05) is 26.1 Å². The largest absolute Gasteiger partial charge is 0.465 e. The summed E-state index contributed by atoms with van der Waals surface area (Å²) < 4.78 is 44.1. The number of hydrogen-bond acceptors (Lipinski definition) is 12. The van der Waals surface area contributed by atoms with Crippen LogP contribution in [0.15, 0.2) is 43.0 Å². The van der Waals surface area contributed by atoms with E-state index in [0.29, 0.717) is 11.2 Å². The van der Waals surface area contributed by atoms with Gasteiger partial charge < -0.3 is 25.1 Å². The average Bonchev–Trinajstić information content (AvgIpc) is 3.60. The molecule has 0 amide bonds. The highest BCUT2D eigenvalue weighted by Crippen LogP contribution is 2.46.